The van der Waals surface area contributed by atoms with Crippen LogP contribution in [-0.2, 0) is 0 Å². The van der Waals surface area contributed by atoms with E-state index in [0.717, 1.165) is 69.4 Å². The monoisotopic (exact) mass is 843 g/mol. The summed E-state index contributed by atoms with van der Waals surface area (Å²) in [6.07, 6.45) is 1.96. The number of anilines is 4. The first-order chi connectivity index (χ1) is 32.8. The molecule has 0 unspecified atom stereocenters. The molecule has 9 aromatic carbocycles. The van der Waals surface area contributed by atoms with Gasteiger partial charge in [0.1, 0.15) is 0 Å². The highest BCUT2D eigenvalue weighted by atomic mass is 15.3. The number of fused-ring (bicyclic) bond motifs is 15. The van der Waals surface area contributed by atoms with Crippen LogP contribution in [0.2, 0.25) is 0 Å². The normalized spacial score (nSPS) is 13.0. The standard InChI is InChI=1S/C61H41N5/c1-3-18-40(19-4-1)63-36-37-64(41-20-5-2-6-21-41)58-39-50-49(38-57(58)63)47-27-16-34-56(66-53-31-13-9-24-44(53)45-25-10-14-32-54(45)66)60(47)59-46(48-28-17-35-62-61(48)50)26-15-33-55(59)65-51-29-11-7-22-42(51)43-23-8-12-30-52(43)65/h1-35,38-39H,36-37H2. The van der Waals surface area contributed by atoms with Crippen LogP contribution in [0.4, 0.5) is 22.7 Å². The second-order valence-corrected chi connectivity index (χ2v) is 17.4. The van der Waals surface area contributed by atoms with E-state index >= 15 is 0 Å². The molecule has 66 heavy (non-hydrogen) atoms. The summed E-state index contributed by atoms with van der Waals surface area (Å²) in [5, 5.41) is 4.93. The van der Waals surface area contributed by atoms with Gasteiger partial charge in [-0.25, -0.2) is 0 Å². The van der Waals surface area contributed by atoms with Gasteiger partial charge in [0.2, 0.25) is 0 Å². The molecule has 2 aliphatic rings. The van der Waals surface area contributed by atoms with Crippen molar-refractivity contribution >= 4 is 66.4 Å². The third kappa shape index (κ3) is 5.31. The first-order valence-electron chi connectivity index (χ1n) is 22.8. The molecular weight excluding hydrogens is 803 g/mol. The van der Waals surface area contributed by atoms with Crippen molar-refractivity contribution in [2.24, 2.45) is 0 Å². The van der Waals surface area contributed by atoms with Crippen molar-refractivity contribution in [3.63, 3.8) is 0 Å². The van der Waals surface area contributed by atoms with Crippen LogP contribution < -0.4 is 9.80 Å². The lowest BCUT2D eigenvalue weighted by atomic mass is 9.80. The lowest BCUT2D eigenvalue weighted by Crippen LogP contribution is -2.36. The van der Waals surface area contributed by atoms with Crippen molar-refractivity contribution in [1.29, 1.82) is 0 Å². The summed E-state index contributed by atoms with van der Waals surface area (Å²) in [6, 6.07) is 80.2. The van der Waals surface area contributed by atoms with E-state index in [1.165, 1.54) is 66.1 Å². The zero-order valence-corrected chi connectivity index (χ0v) is 36.0. The maximum Gasteiger partial charge on any atom is 0.0787 e. The summed E-state index contributed by atoms with van der Waals surface area (Å²) < 4.78 is 5.00. The Labute approximate surface area is 382 Å². The van der Waals surface area contributed by atoms with Gasteiger partial charge < -0.3 is 18.9 Å². The lowest BCUT2D eigenvalue weighted by Gasteiger charge is -2.40. The molecular formula is C61H41N5. The number of nitrogens with zero attached hydrogens (tertiary/aromatic N) is 5. The molecule has 0 atom stereocenters. The fraction of sp³-hybridized carbons (Fsp3) is 0.0328. The van der Waals surface area contributed by atoms with Gasteiger partial charge in [-0.1, -0.05) is 140 Å². The SMILES string of the molecule is c1ccc(N2CCN(c3ccccc3)c3cc4c(cc32)-c2cccc(-n3c5ccccc5c5ccccc53)c2-c2c(cccc2-n2c3ccccc3c3ccccc32)-c2cccnc2-4)cc1. The topological polar surface area (TPSA) is 29.2 Å². The molecule has 0 radical (unpaired) electrons. The van der Waals surface area contributed by atoms with Crippen molar-refractivity contribution in [3.05, 3.63) is 225 Å². The van der Waals surface area contributed by atoms with Gasteiger partial charge in [0.15, 0.2) is 0 Å². The zero-order valence-electron chi connectivity index (χ0n) is 36.0. The number of benzene rings is 9. The minimum Gasteiger partial charge on any atom is -0.338 e. The quantitative estimate of drug-likeness (QED) is 0.177. The summed E-state index contributed by atoms with van der Waals surface area (Å²) in [5.74, 6) is 0. The summed E-state index contributed by atoms with van der Waals surface area (Å²) in [6.45, 7) is 1.66. The Balaban J connectivity index is 1.17. The maximum absolute atomic E-state index is 5.36. The van der Waals surface area contributed by atoms with Crippen LogP contribution in [0.5, 0.6) is 0 Å². The Morgan fingerprint density at radius 2 is 0.697 bits per heavy atom. The fourth-order valence-electron chi connectivity index (χ4n) is 11.2. The van der Waals surface area contributed by atoms with Crippen molar-refractivity contribution in [2.45, 2.75) is 0 Å². The zero-order chi connectivity index (χ0) is 43.3. The summed E-state index contributed by atoms with van der Waals surface area (Å²) in [4.78, 5) is 10.3. The van der Waals surface area contributed by atoms with E-state index in [0.29, 0.717) is 0 Å². The molecule has 0 saturated carbocycles. The van der Waals surface area contributed by atoms with E-state index in [1.54, 1.807) is 0 Å². The van der Waals surface area contributed by atoms with Gasteiger partial charge in [-0.2, -0.15) is 0 Å². The van der Waals surface area contributed by atoms with Crippen molar-refractivity contribution in [1.82, 2.24) is 14.1 Å². The van der Waals surface area contributed by atoms with Gasteiger partial charge in [-0.15, -0.1) is 0 Å². The Kier molecular flexibility index (Phi) is 8.04. The molecule has 310 valence electrons. The van der Waals surface area contributed by atoms with Crippen molar-refractivity contribution < 1.29 is 0 Å². The van der Waals surface area contributed by atoms with Crippen LogP contribution in [0.15, 0.2) is 225 Å². The highest BCUT2D eigenvalue weighted by Crippen LogP contribution is 2.55. The van der Waals surface area contributed by atoms with Crippen LogP contribution in [0.3, 0.4) is 0 Å². The van der Waals surface area contributed by atoms with E-state index in [-0.39, 0.29) is 0 Å². The molecule has 0 spiro atoms. The predicted molar refractivity (Wildman–Crippen MR) is 275 cm³/mol. The van der Waals surface area contributed by atoms with Gasteiger partial charge in [0.25, 0.3) is 0 Å². The molecule has 0 N–H and O–H groups in total. The molecule has 5 heteroatoms. The molecule has 0 bridgehead atoms. The van der Waals surface area contributed by atoms with Crippen LogP contribution >= 0.6 is 0 Å². The van der Waals surface area contributed by atoms with Crippen LogP contribution in [-0.4, -0.2) is 27.2 Å². The molecule has 4 heterocycles. The second kappa shape index (κ2) is 14.4. The average Bonchev–Trinajstić information content (AvgIpc) is 3.90. The number of hydrogen-bond acceptors (Lipinski definition) is 3. The van der Waals surface area contributed by atoms with E-state index < -0.39 is 0 Å². The minimum absolute atomic E-state index is 0.828. The Bertz CT molecular complexity index is 3790. The molecule has 1 aliphatic heterocycles. The van der Waals surface area contributed by atoms with Gasteiger partial charge in [-0.3, -0.25) is 4.98 Å². The molecule has 0 fully saturated rings. The van der Waals surface area contributed by atoms with Crippen molar-refractivity contribution in [2.75, 3.05) is 22.9 Å². The maximum atomic E-state index is 5.36. The summed E-state index contributed by atoms with van der Waals surface area (Å²) in [7, 11) is 0. The molecule has 0 saturated heterocycles. The van der Waals surface area contributed by atoms with Gasteiger partial charge >= 0.3 is 0 Å². The Morgan fingerprint density at radius 3 is 1.17 bits per heavy atom. The molecule has 3 aromatic heterocycles. The van der Waals surface area contributed by atoms with Gasteiger partial charge in [0, 0.05) is 74.5 Å². The predicted octanol–water partition coefficient (Wildman–Crippen LogP) is 15.5. The molecule has 1 aliphatic carbocycles. The summed E-state index contributed by atoms with van der Waals surface area (Å²) in [5.41, 5.74) is 20.6. The second-order valence-electron chi connectivity index (χ2n) is 17.4. The molecule has 12 aromatic rings. The highest BCUT2D eigenvalue weighted by Gasteiger charge is 2.33. The highest BCUT2D eigenvalue weighted by molar-refractivity contribution is 6.15. The van der Waals surface area contributed by atoms with E-state index in [2.05, 4.69) is 237 Å². The number of para-hydroxylation sites is 6. The van der Waals surface area contributed by atoms with Crippen molar-refractivity contribution in [3.8, 4) is 56.0 Å². The van der Waals surface area contributed by atoms with E-state index in [9.17, 15) is 0 Å². The number of rotatable bonds is 4. The van der Waals surface area contributed by atoms with Crippen LogP contribution in [0.25, 0.3) is 99.6 Å². The van der Waals surface area contributed by atoms with Gasteiger partial charge in [0.05, 0.1) is 50.5 Å². The lowest BCUT2D eigenvalue weighted by molar-refractivity contribution is 0.850. The smallest absolute Gasteiger partial charge is 0.0787 e. The Hall–Kier alpha value is -8.67. The first-order valence-corrected chi connectivity index (χ1v) is 22.8. The number of aromatic nitrogens is 3. The number of pyridine rings is 1. The summed E-state index contributed by atoms with van der Waals surface area (Å²) >= 11 is 0. The molecule has 5 nitrogen and oxygen atoms in total. The van der Waals surface area contributed by atoms with Crippen LogP contribution in [0.1, 0.15) is 0 Å². The van der Waals surface area contributed by atoms with Crippen LogP contribution in [0, 0.1) is 0 Å². The van der Waals surface area contributed by atoms with E-state index in [4.69, 9.17) is 4.98 Å². The fourth-order valence-corrected chi connectivity index (χ4v) is 11.2. The van der Waals surface area contributed by atoms with Gasteiger partial charge in [-0.05, 0) is 95.6 Å². The molecule has 14 rings (SSSR count). The Morgan fingerprint density at radius 1 is 0.303 bits per heavy atom. The van der Waals surface area contributed by atoms with E-state index in [1.807, 2.05) is 6.20 Å². The minimum atomic E-state index is 0.828. The third-order valence-electron chi connectivity index (χ3n) is 14.0. The third-order valence-corrected chi connectivity index (χ3v) is 14.0. The average molecular weight is 844 g/mol. The largest absolute Gasteiger partial charge is 0.338 e. The number of hydrogen-bond donors (Lipinski definition) is 0. The molecule has 0 amide bonds. The first kappa shape index (κ1) is 36.8.